The highest BCUT2D eigenvalue weighted by Crippen LogP contribution is 2.19. The molecule has 1 aliphatic carbocycles. The lowest BCUT2D eigenvalue weighted by Crippen LogP contribution is -2.32. The minimum Gasteiger partial charge on any atom is -0.346 e. The van der Waals surface area contributed by atoms with Crippen LogP contribution in [0.2, 0.25) is 0 Å². The molecule has 0 saturated carbocycles. The average Bonchev–Trinajstić information content (AvgIpc) is 2.18. The highest BCUT2D eigenvalue weighted by atomic mass is 16.7. The van der Waals surface area contributed by atoms with Crippen molar-refractivity contribution >= 4 is 5.78 Å². The lowest BCUT2D eigenvalue weighted by Gasteiger charge is -2.27. The highest BCUT2D eigenvalue weighted by molar-refractivity contribution is 6.00. The number of rotatable bonds is 4. The summed E-state index contributed by atoms with van der Waals surface area (Å²) in [6.07, 6.45) is 7.09. The van der Waals surface area contributed by atoms with Gasteiger partial charge in [0.1, 0.15) is 0 Å². The van der Waals surface area contributed by atoms with Gasteiger partial charge in [-0.25, -0.2) is 0 Å². The molecule has 0 radical (unpaired) electrons. The van der Waals surface area contributed by atoms with Gasteiger partial charge in [-0.15, -0.1) is 0 Å². The maximum atomic E-state index is 10.9. The fourth-order valence-corrected chi connectivity index (χ4v) is 1.06. The average molecular weight is 182 g/mol. The van der Waals surface area contributed by atoms with Crippen molar-refractivity contribution in [3.8, 4) is 0 Å². The van der Waals surface area contributed by atoms with Gasteiger partial charge in [0, 0.05) is 7.11 Å². The monoisotopic (exact) mass is 182 g/mol. The first-order chi connectivity index (χ1) is 6.22. The van der Waals surface area contributed by atoms with Gasteiger partial charge in [0.2, 0.25) is 5.79 Å². The maximum Gasteiger partial charge on any atom is 0.208 e. The Bertz CT molecular complexity index is 225. The summed E-state index contributed by atoms with van der Waals surface area (Å²) in [6, 6.07) is 0. The van der Waals surface area contributed by atoms with Crippen LogP contribution in [0.5, 0.6) is 0 Å². The number of hydrogen-bond acceptors (Lipinski definition) is 3. The molecule has 72 valence electrons. The van der Waals surface area contributed by atoms with E-state index in [2.05, 4.69) is 0 Å². The van der Waals surface area contributed by atoms with Crippen LogP contribution in [0.15, 0.2) is 24.3 Å². The van der Waals surface area contributed by atoms with E-state index in [4.69, 9.17) is 9.47 Å². The number of carbonyl (C=O) groups excluding carboxylic acids is 1. The third-order valence-electron chi connectivity index (χ3n) is 1.81. The Morgan fingerprint density at radius 3 is 2.46 bits per heavy atom. The van der Waals surface area contributed by atoms with Gasteiger partial charge in [-0.05, 0) is 30.7 Å². The molecule has 0 atom stereocenters. The van der Waals surface area contributed by atoms with Crippen molar-refractivity contribution in [3.63, 3.8) is 0 Å². The maximum absolute atomic E-state index is 10.9. The number of ketones is 1. The second-order valence-electron chi connectivity index (χ2n) is 2.84. The number of hydrogen-bond donors (Lipinski definition) is 0. The molecule has 0 bridgehead atoms. The summed E-state index contributed by atoms with van der Waals surface area (Å²) in [5.41, 5.74) is 0. The molecule has 0 N–H and O–H groups in total. The Labute approximate surface area is 78.0 Å². The standard InChI is InChI=1S/C10H14O3/c1-3-8-13-10(12-2)6-4-9(11)5-7-10/h4-7H,3,8H2,1-2H3. The first-order valence-corrected chi connectivity index (χ1v) is 4.34. The summed E-state index contributed by atoms with van der Waals surface area (Å²) < 4.78 is 10.7. The van der Waals surface area contributed by atoms with Gasteiger partial charge in [0.15, 0.2) is 5.78 Å². The van der Waals surface area contributed by atoms with E-state index in [-0.39, 0.29) is 5.78 Å². The molecule has 0 unspecified atom stereocenters. The Kier molecular flexibility index (Phi) is 3.39. The number of methoxy groups -OCH3 is 1. The zero-order valence-electron chi connectivity index (χ0n) is 7.95. The van der Waals surface area contributed by atoms with E-state index in [1.807, 2.05) is 6.92 Å². The normalized spacial score (nSPS) is 19.4. The van der Waals surface area contributed by atoms with Gasteiger partial charge < -0.3 is 9.47 Å². The molecule has 0 aliphatic heterocycles. The van der Waals surface area contributed by atoms with Crippen molar-refractivity contribution in [1.82, 2.24) is 0 Å². The Balaban J connectivity index is 2.65. The Morgan fingerprint density at radius 1 is 1.38 bits per heavy atom. The topological polar surface area (TPSA) is 35.5 Å². The summed E-state index contributed by atoms with van der Waals surface area (Å²) >= 11 is 0. The van der Waals surface area contributed by atoms with Crippen LogP contribution in [0.3, 0.4) is 0 Å². The fourth-order valence-electron chi connectivity index (χ4n) is 1.06. The summed E-state index contributed by atoms with van der Waals surface area (Å²) in [4.78, 5) is 10.9. The van der Waals surface area contributed by atoms with Gasteiger partial charge >= 0.3 is 0 Å². The summed E-state index contributed by atoms with van der Waals surface area (Å²) in [5.74, 6) is -0.864. The van der Waals surface area contributed by atoms with Crippen molar-refractivity contribution in [1.29, 1.82) is 0 Å². The van der Waals surface area contributed by atoms with Gasteiger partial charge in [-0.3, -0.25) is 4.79 Å². The van der Waals surface area contributed by atoms with Crippen LogP contribution in [0, 0.1) is 0 Å². The molecule has 0 aromatic rings. The van der Waals surface area contributed by atoms with Crippen LogP contribution in [-0.4, -0.2) is 25.3 Å². The number of allylic oxidation sites excluding steroid dienone is 2. The minimum absolute atomic E-state index is 0.0345. The van der Waals surface area contributed by atoms with Gasteiger partial charge in [-0.1, -0.05) is 6.92 Å². The van der Waals surface area contributed by atoms with Crippen LogP contribution in [-0.2, 0) is 14.3 Å². The quantitative estimate of drug-likeness (QED) is 0.617. The summed E-state index contributed by atoms with van der Waals surface area (Å²) in [7, 11) is 1.56. The molecule has 0 fully saturated rings. The van der Waals surface area contributed by atoms with Crippen LogP contribution in [0.1, 0.15) is 13.3 Å². The van der Waals surface area contributed by atoms with Crippen LogP contribution >= 0.6 is 0 Å². The third kappa shape index (κ3) is 2.50. The SMILES string of the molecule is CCCOC1(OC)C=CC(=O)C=C1. The minimum atomic E-state index is -0.829. The van der Waals surface area contributed by atoms with Crippen molar-refractivity contribution in [3.05, 3.63) is 24.3 Å². The van der Waals surface area contributed by atoms with Gasteiger partial charge in [0.25, 0.3) is 0 Å². The van der Waals surface area contributed by atoms with Crippen LogP contribution in [0.4, 0.5) is 0 Å². The van der Waals surface area contributed by atoms with E-state index < -0.39 is 5.79 Å². The van der Waals surface area contributed by atoms with Crippen molar-refractivity contribution < 1.29 is 14.3 Å². The molecule has 13 heavy (non-hydrogen) atoms. The smallest absolute Gasteiger partial charge is 0.208 e. The molecule has 0 aromatic carbocycles. The molecule has 0 aromatic heterocycles. The van der Waals surface area contributed by atoms with E-state index in [1.54, 1.807) is 19.3 Å². The molecule has 0 heterocycles. The zero-order valence-corrected chi connectivity index (χ0v) is 7.95. The van der Waals surface area contributed by atoms with E-state index in [1.165, 1.54) is 12.2 Å². The van der Waals surface area contributed by atoms with E-state index in [0.29, 0.717) is 6.61 Å². The lowest BCUT2D eigenvalue weighted by molar-refractivity contribution is -0.155. The molecule has 3 nitrogen and oxygen atoms in total. The summed E-state index contributed by atoms with van der Waals surface area (Å²) in [5, 5.41) is 0. The molecule has 0 saturated heterocycles. The van der Waals surface area contributed by atoms with E-state index in [0.717, 1.165) is 6.42 Å². The van der Waals surface area contributed by atoms with Crippen LogP contribution in [0.25, 0.3) is 0 Å². The highest BCUT2D eigenvalue weighted by Gasteiger charge is 2.26. The van der Waals surface area contributed by atoms with E-state index >= 15 is 0 Å². The molecule has 0 amide bonds. The van der Waals surface area contributed by atoms with Crippen molar-refractivity contribution in [2.24, 2.45) is 0 Å². The Hall–Kier alpha value is -0.930. The van der Waals surface area contributed by atoms with Gasteiger partial charge in [-0.2, -0.15) is 0 Å². The van der Waals surface area contributed by atoms with Crippen molar-refractivity contribution in [2.45, 2.75) is 19.1 Å². The predicted molar refractivity (Wildman–Crippen MR) is 49.3 cm³/mol. The first-order valence-electron chi connectivity index (χ1n) is 4.34. The lowest BCUT2D eigenvalue weighted by atomic mass is 10.1. The van der Waals surface area contributed by atoms with Gasteiger partial charge in [0.05, 0.1) is 6.61 Å². The second-order valence-corrected chi connectivity index (χ2v) is 2.84. The molecular weight excluding hydrogens is 168 g/mol. The number of carbonyl (C=O) groups is 1. The fraction of sp³-hybridized carbons (Fsp3) is 0.500. The zero-order chi connectivity index (χ0) is 9.73. The Morgan fingerprint density at radius 2 is 2.00 bits per heavy atom. The first kappa shape index (κ1) is 10.2. The third-order valence-corrected chi connectivity index (χ3v) is 1.81. The number of ether oxygens (including phenoxy) is 2. The molecule has 3 heteroatoms. The molecule has 0 spiro atoms. The molecule has 1 rings (SSSR count). The molecular formula is C10H14O3. The predicted octanol–water partition coefficient (Wildman–Crippen LogP) is 1.45. The second kappa shape index (κ2) is 4.35. The molecule has 1 aliphatic rings. The summed E-state index contributed by atoms with van der Waals surface area (Å²) in [6.45, 7) is 2.63. The van der Waals surface area contributed by atoms with E-state index in [9.17, 15) is 4.79 Å². The van der Waals surface area contributed by atoms with Crippen molar-refractivity contribution in [2.75, 3.05) is 13.7 Å². The largest absolute Gasteiger partial charge is 0.346 e. The van der Waals surface area contributed by atoms with Crippen LogP contribution < -0.4 is 0 Å².